The van der Waals surface area contributed by atoms with Crippen LogP contribution in [0.5, 0.6) is 5.75 Å². The van der Waals surface area contributed by atoms with E-state index < -0.39 is 23.8 Å². The fourth-order valence-corrected chi connectivity index (χ4v) is 2.47. The Morgan fingerprint density at radius 1 is 1.45 bits per heavy atom. The van der Waals surface area contributed by atoms with Crippen molar-refractivity contribution in [2.45, 2.75) is 25.4 Å². The molecule has 0 radical (unpaired) electrons. The Morgan fingerprint density at radius 2 is 2.18 bits per heavy atom. The third-order valence-corrected chi connectivity index (χ3v) is 3.61. The number of ether oxygens (including phenoxy) is 1. The number of hydrogen-bond donors (Lipinski definition) is 2. The van der Waals surface area contributed by atoms with Crippen molar-refractivity contribution in [3.63, 3.8) is 0 Å². The van der Waals surface area contributed by atoms with Crippen molar-refractivity contribution in [3.05, 3.63) is 29.3 Å². The van der Waals surface area contributed by atoms with E-state index in [-0.39, 0.29) is 25.1 Å². The van der Waals surface area contributed by atoms with Gasteiger partial charge in [-0.2, -0.15) is 0 Å². The quantitative estimate of drug-likeness (QED) is 0.443. The number of primary amides is 1. The molecule has 0 saturated heterocycles. The summed E-state index contributed by atoms with van der Waals surface area (Å²) in [7, 11) is 1.24. The summed E-state index contributed by atoms with van der Waals surface area (Å²) in [6.07, 6.45) is 0.0324. The molecule has 118 valence electrons. The van der Waals surface area contributed by atoms with E-state index in [9.17, 15) is 14.4 Å². The normalized spacial score (nSPS) is 14.5. The topological polar surface area (TPSA) is 119 Å². The smallest absolute Gasteiger partial charge is 0.305 e. The van der Waals surface area contributed by atoms with Gasteiger partial charge in [-0.3, -0.25) is 14.4 Å². The van der Waals surface area contributed by atoms with Gasteiger partial charge in [0.05, 0.1) is 13.7 Å². The van der Waals surface area contributed by atoms with Crippen LogP contribution in [-0.4, -0.2) is 41.1 Å². The number of esters is 1. The SMILES string of the molecule is COC(=O)CCC(C(N)=O)N1Cc2c(OO)cccc2C1=O. The minimum absolute atomic E-state index is 0.0341. The molecular formula is C14H16N2O6. The summed E-state index contributed by atoms with van der Waals surface area (Å²) in [6.45, 7) is 0.0691. The largest absolute Gasteiger partial charge is 0.469 e. The van der Waals surface area contributed by atoms with E-state index in [0.717, 1.165) is 0 Å². The number of carbonyl (C=O) groups is 3. The molecule has 0 aromatic heterocycles. The lowest BCUT2D eigenvalue weighted by Gasteiger charge is -2.24. The number of hydrogen-bond acceptors (Lipinski definition) is 6. The minimum Gasteiger partial charge on any atom is -0.469 e. The van der Waals surface area contributed by atoms with Crippen LogP contribution in [0.3, 0.4) is 0 Å². The predicted molar refractivity (Wildman–Crippen MR) is 73.8 cm³/mol. The van der Waals surface area contributed by atoms with E-state index >= 15 is 0 Å². The van der Waals surface area contributed by atoms with Crippen molar-refractivity contribution in [3.8, 4) is 5.75 Å². The molecular weight excluding hydrogens is 292 g/mol. The Labute approximate surface area is 126 Å². The zero-order valence-corrected chi connectivity index (χ0v) is 11.9. The highest BCUT2D eigenvalue weighted by atomic mass is 17.1. The lowest BCUT2D eigenvalue weighted by atomic mass is 10.1. The van der Waals surface area contributed by atoms with E-state index in [2.05, 4.69) is 9.62 Å². The molecule has 0 saturated carbocycles. The fraction of sp³-hybridized carbons (Fsp3) is 0.357. The van der Waals surface area contributed by atoms with Gasteiger partial charge < -0.3 is 20.3 Å². The lowest BCUT2D eigenvalue weighted by molar-refractivity contribution is -0.141. The molecule has 8 heteroatoms. The third-order valence-electron chi connectivity index (χ3n) is 3.61. The van der Waals surface area contributed by atoms with Crippen LogP contribution in [0.2, 0.25) is 0 Å². The van der Waals surface area contributed by atoms with Crippen LogP contribution < -0.4 is 10.6 Å². The summed E-state index contributed by atoms with van der Waals surface area (Å²) < 4.78 is 4.52. The van der Waals surface area contributed by atoms with Crippen molar-refractivity contribution in [2.24, 2.45) is 5.73 Å². The molecule has 1 aliphatic heterocycles. The van der Waals surface area contributed by atoms with Gasteiger partial charge in [0.25, 0.3) is 5.91 Å². The number of amides is 2. The Kier molecular flexibility index (Phi) is 4.62. The zero-order valence-electron chi connectivity index (χ0n) is 11.9. The lowest BCUT2D eigenvalue weighted by Crippen LogP contribution is -2.45. The van der Waals surface area contributed by atoms with Crippen molar-refractivity contribution in [2.75, 3.05) is 7.11 Å². The predicted octanol–water partition coefficient (Wildman–Crippen LogP) is 0.301. The van der Waals surface area contributed by atoms with Crippen LogP contribution in [0.4, 0.5) is 0 Å². The monoisotopic (exact) mass is 308 g/mol. The molecule has 0 bridgehead atoms. The van der Waals surface area contributed by atoms with Gasteiger partial charge in [0, 0.05) is 17.5 Å². The third kappa shape index (κ3) is 2.86. The number of carbonyl (C=O) groups excluding carboxylic acids is 3. The molecule has 2 rings (SSSR count). The van der Waals surface area contributed by atoms with Gasteiger partial charge in [-0.1, -0.05) is 6.07 Å². The Morgan fingerprint density at radius 3 is 2.77 bits per heavy atom. The van der Waals surface area contributed by atoms with E-state index in [1.165, 1.54) is 18.1 Å². The first kappa shape index (κ1) is 15.8. The summed E-state index contributed by atoms with van der Waals surface area (Å²) in [5.41, 5.74) is 6.15. The molecule has 1 unspecified atom stereocenters. The van der Waals surface area contributed by atoms with Crippen LogP contribution in [0.1, 0.15) is 28.8 Å². The number of benzene rings is 1. The molecule has 1 aromatic carbocycles. The van der Waals surface area contributed by atoms with Gasteiger partial charge in [0.15, 0.2) is 5.75 Å². The summed E-state index contributed by atoms with van der Waals surface area (Å²) in [4.78, 5) is 40.7. The number of nitrogens with two attached hydrogens (primary N) is 1. The second-order valence-electron chi connectivity index (χ2n) is 4.84. The summed E-state index contributed by atoms with van der Waals surface area (Å²) >= 11 is 0. The number of nitrogens with zero attached hydrogens (tertiary/aromatic N) is 1. The molecule has 0 aliphatic carbocycles. The van der Waals surface area contributed by atoms with Crippen molar-refractivity contribution >= 4 is 17.8 Å². The average molecular weight is 308 g/mol. The van der Waals surface area contributed by atoms with Gasteiger partial charge >= 0.3 is 5.97 Å². The molecule has 1 aliphatic rings. The van der Waals surface area contributed by atoms with Gasteiger partial charge in [-0.05, 0) is 18.6 Å². The maximum Gasteiger partial charge on any atom is 0.305 e. The highest BCUT2D eigenvalue weighted by molar-refractivity contribution is 6.01. The summed E-state index contributed by atoms with van der Waals surface area (Å²) in [5, 5.41) is 8.85. The van der Waals surface area contributed by atoms with Crippen LogP contribution in [0.15, 0.2) is 18.2 Å². The van der Waals surface area contributed by atoms with Gasteiger partial charge in [-0.25, -0.2) is 5.26 Å². The second-order valence-corrected chi connectivity index (χ2v) is 4.84. The standard InChI is InChI=1S/C14H16N2O6/c1-21-12(17)6-5-10(13(15)18)16-7-9-8(14(16)19)3-2-4-11(9)22-20/h2-4,10,20H,5-7H2,1H3,(H2,15,18). The molecule has 0 fully saturated rings. The Bertz CT molecular complexity index is 615. The number of fused-ring (bicyclic) bond motifs is 1. The highest BCUT2D eigenvalue weighted by Gasteiger charge is 2.37. The second kappa shape index (κ2) is 6.44. The van der Waals surface area contributed by atoms with Crippen molar-refractivity contribution in [1.29, 1.82) is 0 Å². The van der Waals surface area contributed by atoms with Crippen LogP contribution in [0.25, 0.3) is 0 Å². The summed E-state index contributed by atoms with van der Waals surface area (Å²) in [6, 6.07) is 3.69. The maximum absolute atomic E-state index is 12.4. The van der Waals surface area contributed by atoms with Gasteiger partial charge in [-0.15, -0.1) is 0 Å². The van der Waals surface area contributed by atoms with Crippen LogP contribution >= 0.6 is 0 Å². The van der Waals surface area contributed by atoms with Gasteiger partial charge in [0.2, 0.25) is 5.91 Å². The van der Waals surface area contributed by atoms with Crippen LogP contribution in [0, 0.1) is 0 Å². The maximum atomic E-state index is 12.4. The Hall–Kier alpha value is -2.61. The van der Waals surface area contributed by atoms with E-state index in [4.69, 9.17) is 11.0 Å². The molecule has 2 amide bonds. The summed E-state index contributed by atoms with van der Waals surface area (Å²) in [5.74, 6) is -1.46. The van der Waals surface area contributed by atoms with Gasteiger partial charge in [0.1, 0.15) is 6.04 Å². The van der Waals surface area contributed by atoms with Crippen molar-refractivity contribution in [1.82, 2.24) is 4.90 Å². The molecule has 1 aromatic rings. The average Bonchev–Trinajstić information content (AvgIpc) is 2.84. The molecule has 3 N–H and O–H groups in total. The zero-order chi connectivity index (χ0) is 16.3. The fourth-order valence-electron chi connectivity index (χ4n) is 2.47. The molecule has 22 heavy (non-hydrogen) atoms. The van der Waals surface area contributed by atoms with Crippen molar-refractivity contribution < 1.29 is 29.3 Å². The van der Waals surface area contributed by atoms with E-state index in [1.54, 1.807) is 12.1 Å². The molecule has 1 atom stereocenters. The number of rotatable bonds is 6. The minimum atomic E-state index is -0.939. The highest BCUT2D eigenvalue weighted by Crippen LogP contribution is 2.32. The first-order chi connectivity index (χ1) is 10.5. The van der Waals surface area contributed by atoms with E-state index in [0.29, 0.717) is 11.1 Å². The first-order valence-electron chi connectivity index (χ1n) is 6.60. The molecule has 0 spiro atoms. The van der Waals surface area contributed by atoms with Crippen LogP contribution in [-0.2, 0) is 20.9 Å². The first-order valence-corrected chi connectivity index (χ1v) is 6.60. The number of methoxy groups -OCH3 is 1. The molecule has 1 heterocycles. The van der Waals surface area contributed by atoms with E-state index in [1.807, 2.05) is 0 Å². The molecule has 8 nitrogen and oxygen atoms in total. The Balaban J connectivity index is 2.23.